The summed E-state index contributed by atoms with van der Waals surface area (Å²) in [5.74, 6) is -0.194. The average molecular weight is 427 g/mol. The zero-order valence-corrected chi connectivity index (χ0v) is 18.1. The molecule has 2 aliphatic carbocycles. The van der Waals surface area contributed by atoms with E-state index in [0.717, 1.165) is 66.0 Å². The molecule has 1 saturated heterocycles. The van der Waals surface area contributed by atoms with Crippen molar-refractivity contribution < 1.29 is 9.18 Å². The summed E-state index contributed by atoms with van der Waals surface area (Å²) >= 11 is 0. The minimum atomic E-state index is -0.200. The highest BCUT2D eigenvalue weighted by atomic mass is 19.1. The molecule has 0 unspecified atom stereocenters. The summed E-state index contributed by atoms with van der Waals surface area (Å²) in [5.41, 5.74) is 4.12. The first-order chi connectivity index (χ1) is 15.7. The van der Waals surface area contributed by atoms with Crippen LogP contribution in [0.3, 0.4) is 0 Å². The van der Waals surface area contributed by atoms with Gasteiger partial charge in [-0.3, -0.25) is 4.79 Å². The van der Waals surface area contributed by atoms with Gasteiger partial charge in [-0.2, -0.15) is 0 Å². The van der Waals surface area contributed by atoms with Gasteiger partial charge in [-0.15, -0.1) is 0 Å². The van der Waals surface area contributed by atoms with Crippen LogP contribution in [-0.2, 0) is 11.2 Å². The Morgan fingerprint density at radius 1 is 1.06 bits per heavy atom. The summed E-state index contributed by atoms with van der Waals surface area (Å²) in [7, 11) is 0. The molecule has 0 radical (unpaired) electrons. The van der Waals surface area contributed by atoms with E-state index >= 15 is 0 Å². The molecule has 1 heterocycles. The minimum Gasteiger partial charge on any atom is -0.348 e. The molecule has 2 aromatic carbocycles. The molecule has 3 aliphatic rings. The SMILES string of the molecule is O=C(N[C@H]1CCN(CCc2ccc(F)cc2)C1)C1=c2ccccc2=CC=C2CC=CC=C21. The van der Waals surface area contributed by atoms with Gasteiger partial charge >= 0.3 is 0 Å². The number of benzene rings is 2. The van der Waals surface area contributed by atoms with E-state index in [1.165, 1.54) is 17.7 Å². The average Bonchev–Trinajstić information content (AvgIpc) is 3.18. The maximum atomic E-state index is 13.5. The molecule has 1 N–H and O–H groups in total. The number of rotatable bonds is 5. The Kier molecular flexibility index (Phi) is 5.87. The second kappa shape index (κ2) is 9.09. The van der Waals surface area contributed by atoms with Gasteiger partial charge in [0, 0.05) is 25.7 Å². The van der Waals surface area contributed by atoms with Crippen molar-refractivity contribution in [1.82, 2.24) is 10.2 Å². The summed E-state index contributed by atoms with van der Waals surface area (Å²) in [6.07, 6.45) is 13.2. The van der Waals surface area contributed by atoms with Gasteiger partial charge in [-0.25, -0.2) is 4.39 Å². The van der Waals surface area contributed by atoms with E-state index in [9.17, 15) is 9.18 Å². The summed E-state index contributed by atoms with van der Waals surface area (Å²) in [4.78, 5) is 15.9. The zero-order valence-electron chi connectivity index (χ0n) is 18.1. The van der Waals surface area contributed by atoms with Crippen LogP contribution in [0.2, 0.25) is 0 Å². The third-order valence-electron chi connectivity index (χ3n) is 6.51. The highest BCUT2D eigenvalue weighted by molar-refractivity contribution is 6.20. The number of hydrogen-bond donors (Lipinski definition) is 1. The molecule has 1 atom stereocenters. The van der Waals surface area contributed by atoms with Crippen molar-refractivity contribution in [2.75, 3.05) is 19.6 Å². The smallest absolute Gasteiger partial charge is 0.252 e. The fourth-order valence-corrected chi connectivity index (χ4v) is 4.78. The number of nitrogens with one attached hydrogen (secondary N) is 1. The first kappa shape index (κ1) is 20.7. The van der Waals surface area contributed by atoms with Crippen molar-refractivity contribution in [2.45, 2.75) is 25.3 Å². The normalized spacial score (nSPS) is 19.9. The number of likely N-dealkylation sites (tertiary alicyclic amines) is 1. The predicted molar refractivity (Wildman–Crippen MR) is 127 cm³/mol. The Morgan fingerprint density at radius 3 is 2.78 bits per heavy atom. The van der Waals surface area contributed by atoms with E-state index in [0.29, 0.717) is 0 Å². The standard InChI is InChI=1S/C28H27FN2O/c29-23-13-9-20(10-14-23)15-17-31-18-16-24(19-31)30-28(32)27-25-7-3-1-5-21(25)11-12-22-6-2-4-8-26(22)27/h1-5,7-14,24H,6,15-19H2,(H,30,32)/t24-/m0/s1. The molecule has 0 saturated carbocycles. The maximum absolute atomic E-state index is 13.5. The van der Waals surface area contributed by atoms with Crippen molar-refractivity contribution in [3.63, 3.8) is 0 Å². The van der Waals surface area contributed by atoms with Crippen molar-refractivity contribution in [3.8, 4) is 0 Å². The molecule has 0 aromatic heterocycles. The van der Waals surface area contributed by atoms with E-state index in [1.807, 2.05) is 36.4 Å². The highest BCUT2D eigenvalue weighted by Gasteiger charge is 2.27. The van der Waals surface area contributed by atoms with Gasteiger partial charge < -0.3 is 10.2 Å². The fourth-order valence-electron chi connectivity index (χ4n) is 4.78. The van der Waals surface area contributed by atoms with Gasteiger partial charge in [0.05, 0.1) is 5.57 Å². The molecule has 0 bridgehead atoms. The molecule has 3 nitrogen and oxygen atoms in total. The summed E-state index contributed by atoms with van der Waals surface area (Å²) < 4.78 is 13.1. The monoisotopic (exact) mass is 426 g/mol. The quantitative estimate of drug-likeness (QED) is 0.797. The first-order valence-corrected chi connectivity index (χ1v) is 11.3. The summed E-state index contributed by atoms with van der Waals surface area (Å²) in [6, 6.07) is 15.0. The number of nitrogens with zero attached hydrogens (tertiary/aromatic N) is 1. The van der Waals surface area contributed by atoms with Crippen molar-refractivity contribution in [3.05, 3.63) is 106 Å². The molecule has 1 aliphatic heterocycles. The van der Waals surface area contributed by atoms with Gasteiger partial charge in [0.25, 0.3) is 5.91 Å². The predicted octanol–water partition coefficient (Wildman–Crippen LogP) is 3.02. The number of carbonyl (C=O) groups excluding carboxylic acids is 1. The van der Waals surface area contributed by atoms with E-state index < -0.39 is 0 Å². The lowest BCUT2D eigenvalue weighted by molar-refractivity contribution is -0.116. The Balaban J connectivity index is 1.31. The molecule has 1 amide bonds. The molecular formula is C28H27FN2O. The van der Waals surface area contributed by atoms with Crippen LogP contribution in [0.4, 0.5) is 4.39 Å². The van der Waals surface area contributed by atoms with Gasteiger partial charge in [-0.1, -0.05) is 66.8 Å². The van der Waals surface area contributed by atoms with Gasteiger partial charge in [0.1, 0.15) is 5.82 Å². The lowest BCUT2D eigenvalue weighted by Crippen LogP contribution is -2.41. The Bertz CT molecular complexity index is 1240. The van der Waals surface area contributed by atoms with E-state index in [2.05, 4.69) is 40.6 Å². The largest absolute Gasteiger partial charge is 0.348 e. The molecule has 0 spiro atoms. The molecular weight excluding hydrogens is 399 g/mol. The van der Waals surface area contributed by atoms with Crippen LogP contribution in [0, 0.1) is 5.82 Å². The van der Waals surface area contributed by atoms with Crippen LogP contribution in [0.5, 0.6) is 0 Å². The molecule has 4 heteroatoms. The molecule has 1 fully saturated rings. The minimum absolute atomic E-state index is 0.00517. The third kappa shape index (κ3) is 4.37. The lowest BCUT2D eigenvalue weighted by Gasteiger charge is -2.20. The number of carbonyl (C=O) groups is 1. The number of amides is 1. The second-order valence-corrected chi connectivity index (χ2v) is 8.67. The van der Waals surface area contributed by atoms with Crippen LogP contribution in [0.1, 0.15) is 18.4 Å². The van der Waals surface area contributed by atoms with Crippen LogP contribution >= 0.6 is 0 Å². The van der Waals surface area contributed by atoms with Crippen LogP contribution in [-0.4, -0.2) is 36.5 Å². The third-order valence-corrected chi connectivity index (χ3v) is 6.51. The molecule has 32 heavy (non-hydrogen) atoms. The Morgan fingerprint density at radius 2 is 1.91 bits per heavy atom. The Labute approximate surface area is 187 Å². The molecule has 5 rings (SSSR count). The highest BCUT2D eigenvalue weighted by Crippen LogP contribution is 2.28. The van der Waals surface area contributed by atoms with Crippen LogP contribution in [0.15, 0.2) is 84.0 Å². The van der Waals surface area contributed by atoms with Gasteiger partial charge in [-0.05, 0) is 58.5 Å². The maximum Gasteiger partial charge on any atom is 0.252 e. The van der Waals surface area contributed by atoms with Crippen molar-refractivity contribution in [2.24, 2.45) is 0 Å². The van der Waals surface area contributed by atoms with Crippen molar-refractivity contribution in [1.29, 1.82) is 0 Å². The molecule has 162 valence electrons. The van der Waals surface area contributed by atoms with Crippen LogP contribution < -0.4 is 15.8 Å². The fraction of sp³-hybridized carbons (Fsp3) is 0.250. The van der Waals surface area contributed by atoms with E-state index in [4.69, 9.17) is 0 Å². The van der Waals surface area contributed by atoms with E-state index in [1.54, 1.807) is 0 Å². The van der Waals surface area contributed by atoms with Crippen molar-refractivity contribution >= 4 is 17.6 Å². The Hall–Kier alpha value is -3.24. The number of fused-ring (bicyclic) bond motifs is 2. The number of halogens is 1. The number of hydrogen-bond acceptors (Lipinski definition) is 2. The lowest BCUT2D eigenvalue weighted by atomic mass is 9.90. The molecule has 2 aromatic rings. The second-order valence-electron chi connectivity index (χ2n) is 8.67. The van der Waals surface area contributed by atoms with E-state index in [-0.39, 0.29) is 17.8 Å². The topological polar surface area (TPSA) is 32.3 Å². The summed E-state index contributed by atoms with van der Waals surface area (Å²) in [5, 5.41) is 5.38. The number of allylic oxidation sites excluding steroid dienone is 5. The van der Waals surface area contributed by atoms with Crippen LogP contribution in [0.25, 0.3) is 11.6 Å². The zero-order chi connectivity index (χ0) is 21.9. The summed E-state index contributed by atoms with van der Waals surface area (Å²) in [6.45, 7) is 2.72. The van der Waals surface area contributed by atoms with Gasteiger partial charge in [0.2, 0.25) is 0 Å². The van der Waals surface area contributed by atoms with Gasteiger partial charge in [0.15, 0.2) is 0 Å². The first-order valence-electron chi connectivity index (χ1n) is 11.3.